The normalized spacial score (nSPS) is 16.1. The first-order valence-corrected chi connectivity index (χ1v) is 18.4. The third kappa shape index (κ3) is 4.70. The third-order valence-electron chi connectivity index (χ3n) is 11.1. The number of fused-ring (bicyclic) bond motifs is 11. The van der Waals surface area contributed by atoms with E-state index in [4.69, 9.17) is 4.99 Å². The molecule has 4 heteroatoms. The van der Waals surface area contributed by atoms with Crippen LogP contribution in [-0.4, -0.2) is 10.4 Å². The van der Waals surface area contributed by atoms with Crippen molar-refractivity contribution >= 4 is 70.7 Å². The fraction of sp³-hybridized carbons (Fsp3) is 0.0408. The summed E-state index contributed by atoms with van der Waals surface area (Å²) in [5.74, 6) is 0.905. The summed E-state index contributed by atoms with van der Waals surface area (Å²) in [7, 11) is 0. The summed E-state index contributed by atoms with van der Waals surface area (Å²) >= 11 is 0. The summed E-state index contributed by atoms with van der Waals surface area (Å²) in [4.78, 5) is 5.39. The lowest BCUT2D eigenvalue weighted by molar-refractivity contribution is -0.739. The Balaban J connectivity index is 1.15. The maximum Gasteiger partial charge on any atom is 0.209 e. The number of nitrogens with one attached hydrogen (secondary N) is 1. The number of amidine groups is 1. The second kappa shape index (κ2) is 11.9. The molecule has 250 valence electrons. The number of hydrogen-bond donors (Lipinski definition) is 2. The van der Waals surface area contributed by atoms with Gasteiger partial charge in [-0.05, 0) is 50.5 Å². The van der Waals surface area contributed by atoms with E-state index in [-0.39, 0.29) is 12.3 Å². The lowest BCUT2D eigenvalue weighted by atomic mass is 9.93. The van der Waals surface area contributed by atoms with E-state index in [0.717, 1.165) is 22.6 Å². The van der Waals surface area contributed by atoms with Crippen molar-refractivity contribution in [3.05, 3.63) is 199 Å². The van der Waals surface area contributed by atoms with Crippen LogP contribution in [0.1, 0.15) is 29.0 Å². The minimum atomic E-state index is -0.162. The molecule has 11 rings (SSSR count). The molecule has 1 aliphatic heterocycles. The van der Waals surface area contributed by atoms with E-state index >= 15 is 0 Å². The van der Waals surface area contributed by atoms with Crippen molar-refractivity contribution in [2.24, 2.45) is 4.99 Å². The molecule has 1 aliphatic rings. The van der Waals surface area contributed by atoms with Crippen LogP contribution < -0.4 is 10.6 Å². The van der Waals surface area contributed by atoms with Crippen LogP contribution in [0.25, 0.3) is 70.6 Å². The SMILES string of the molecule is c1ccc(C2=NC(c3cccc(-n4c5ccccc5c5c6c7ccccc7ccc6c6ccccc6c54)c3)[NH2+]C(c3cccc4ccccc34)N2)cc1. The molecule has 2 heterocycles. The highest BCUT2D eigenvalue weighted by atomic mass is 15.3. The molecule has 0 aliphatic carbocycles. The van der Waals surface area contributed by atoms with Crippen molar-refractivity contribution in [3.8, 4) is 5.69 Å². The van der Waals surface area contributed by atoms with Crippen molar-refractivity contribution in [2.45, 2.75) is 12.3 Å². The van der Waals surface area contributed by atoms with Crippen LogP contribution in [0, 0.1) is 0 Å². The highest BCUT2D eigenvalue weighted by Gasteiger charge is 2.30. The second-order valence-corrected chi connectivity index (χ2v) is 14.1. The molecule has 1 aromatic heterocycles. The van der Waals surface area contributed by atoms with Crippen LogP contribution >= 0.6 is 0 Å². The smallest absolute Gasteiger partial charge is 0.209 e. The molecule has 0 amide bonds. The fourth-order valence-corrected chi connectivity index (χ4v) is 8.79. The van der Waals surface area contributed by atoms with Gasteiger partial charge in [0.25, 0.3) is 0 Å². The Hall–Kier alpha value is -6.75. The monoisotopic (exact) mass is 679 g/mol. The molecule has 3 N–H and O–H groups in total. The van der Waals surface area contributed by atoms with Gasteiger partial charge in [0.15, 0.2) is 6.17 Å². The zero-order valence-corrected chi connectivity index (χ0v) is 28.9. The van der Waals surface area contributed by atoms with Crippen LogP contribution in [0.3, 0.4) is 0 Å². The molecule has 0 radical (unpaired) electrons. The quantitative estimate of drug-likeness (QED) is 0.179. The number of nitrogens with zero attached hydrogens (tertiary/aromatic N) is 2. The number of para-hydroxylation sites is 1. The van der Waals surface area contributed by atoms with Crippen LogP contribution in [0.2, 0.25) is 0 Å². The lowest BCUT2D eigenvalue weighted by Crippen LogP contribution is -2.90. The summed E-state index contributed by atoms with van der Waals surface area (Å²) < 4.78 is 2.49. The van der Waals surface area contributed by atoms with Crippen LogP contribution in [0.4, 0.5) is 0 Å². The zero-order chi connectivity index (χ0) is 34.9. The maximum atomic E-state index is 5.39. The number of rotatable bonds is 4. The largest absolute Gasteiger partial charge is 0.317 e. The molecule has 0 saturated carbocycles. The number of quaternary nitrogens is 1. The van der Waals surface area contributed by atoms with Gasteiger partial charge in [-0.15, -0.1) is 0 Å². The molecule has 2 atom stereocenters. The summed E-state index contributed by atoms with van der Waals surface area (Å²) in [5, 5.41) is 18.9. The van der Waals surface area contributed by atoms with Gasteiger partial charge < -0.3 is 9.88 Å². The first-order chi connectivity index (χ1) is 26.3. The van der Waals surface area contributed by atoms with E-state index in [0.29, 0.717) is 0 Å². The van der Waals surface area contributed by atoms with Crippen molar-refractivity contribution in [1.29, 1.82) is 0 Å². The number of aliphatic imine (C=N–C) groups is 1. The van der Waals surface area contributed by atoms with Crippen molar-refractivity contribution in [1.82, 2.24) is 9.88 Å². The number of aromatic nitrogens is 1. The van der Waals surface area contributed by atoms with Crippen LogP contribution in [0.5, 0.6) is 0 Å². The molecule has 10 aromatic rings. The van der Waals surface area contributed by atoms with Gasteiger partial charge in [0.1, 0.15) is 5.84 Å². The Morgan fingerprint density at radius 1 is 0.491 bits per heavy atom. The van der Waals surface area contributed by atoms with Gasteiger partial charge >= 0.3 is 0 Å². The molecule has 4 nitrogen and oxygen atoms in total. The van der Waals surface area contributed by atoms with E-state index in [9.17, 15) is 0 Å². The van der Waals surface area contributed by atoms with E-state index < -0.39 is 0 Å². The number of hydrogen-bond acceptors (Lipinski definition) is 2. The number of benzene rings is 9. The zero-order valence-electron chi connectivity index (χ0n) is 28.9. The van der Waals surface area contributed by atoms with Gasteiger partial charge in [-0.1, -0.05) is 164 Å². The Bertz CT molecular complexity index is 3080. The van der Waals surface area contributed by atoms with Gasteiger partial charge in [0.05, 0.1) is 11.0 Å². The average Bonchev–Trinajstić information content (AvgIpc) is 3.59. The highest BCUT2D eigenvalue weighted by molar-refractivity contribution is 6.36. The van der Waals surface area contributed by atoms with Gasteiger partial charge in [-0.25, -0.2) is 4.99 Å². The Morgan fingerprint density at radius 3 is 2.00 bits per heavy atom. The minimum Gasteiger partial charge on any atom is -0.317 e. The Kier molecular flexibility index (Phi) is 6.73. The Labute approximate surface area is 306 Å². The predicted octanol–water partition coefficient (Wildman–Crippen LogP) is 10.7. The van der Waals surface area contributed by atoms with Crippen molar-refractivity contribution in [3.63, 3.8) is 0 Å². The van der Waals surface area contributed by atoms with E-state index in [2.05, 4.69) is 197 Å². The molecule has 0 bridgehead atoms. The van der Waals surface area contributed by atoms with Crippen LogP contribution in [0.15, 0.2) is 187 Å². The lowest BCUT2D eigenvalue weighted by Gasteiger charge is -2.29. The Morgan fingerprint density at radius 2 is 1.15 bits per heavy atom. The fourth-order valence-electron chi connectivity index (χ4n) is 8.79. The summed E-state index contributed by atoms with van der Waals surface area (Å²) in [6, 6.07) is 66.0. The molecule has 0 spiro atoms. The van der Waals surface area contributed by atoms with Crippen molar-refractivity contribution < 1.29 is 5.32 Å². The third-order valence-corrected chi connectivity index (χ3v) is 11.1. The molecular weight excluding hydrogens is 645 g/mol. The molecule has 0 fully saturated rings. The summed E-state index contributed by atoms with van der Waals surface area (Å²) in [6.45, 7) is 0. The molecule has 0 saturated heterocycles. The minimum absolute atomic E-state index is 0.0284. The first-order valence-electron chi connectivity index (χ1n) is 18.4. The predicted molar refractivity (Wildman–Crippen MR) is 221 cm³/mol. The average molecular weight is 680 g/mol. The summed E-state index contributed by atoms with van der Waals surface area (Å²) in [5.41, 5.74) is 7.05. The second-order valence-electron chi connectivity index (χ2n) is 14.1. The number of nitrogens with two attached hydrogens (primary N) is 1. The first kappa shape index (κ1) is 29.9. The van der Waals surface area contributed by atoms with E-state index in [1.807, 2.05) is 0 Å². The standard InChI is InChI=1S/C49H34N4/c1-2-16-33(17-3-1)47-50-48(52-49(51-47)41-26-13-18-31-14-4-6-21-36(31)41)34-19-12-20-35(30-34)53-43-27-11-10-25-42(43)45-44-37-22-7-5-15-32(37)28-29-39(44)38-23-8-9-24-40(38)46(45)53/h1-30,48-49,52H,(H,50,51)/p+1. The highest BCUT2D eigenvalue weighted by Crippen LogP contribution is 2.44. The molecule has 9 aromatic carbocycles. The molecule has 2 unspecified atom stereocenters. The topological polar surface area (TPSA) is 45.9 Å². The van der Waals surface area contributed by atoms with Gasteiger partial charge in [0, 0.05) is 43.9 Å². The van der Waals surface area contributed by atoms with Crippen LogP contribution in [-0.2, 0) is 0 Å². The van der Waals surface area contributed by atoms with E-state index in [1.165, 1.54) is 70.5 Å². The summed E-state index contributed by atoms with van der Waals surface area (Å²) in [6.07, 6.45) is -0.190. The van der Waals surface area contributed by atoms with Gasteiger partial charge in [0.2, 0.25) is 6.17 Å². The van der Waals surface area contributed by atoms with Gasteiger partial charge in [-0.3, -0.25) is 5.32 Å². The molecular formula is C49H35N4+. The van der Waals surface area contributed by atoms with Gasteiger partial charge in [-0.2, -0.15) is 0 Å². The molecule has 53 heavy (non-hydrogen) atoms. The van der Waals surface area contributed by atoms with Crippen molar-refractivity contribution in [2.75, 3.05) is 0 Å². The van der Waals surface area contributed by atoms with E-state index in [1.54, 1.807) is 0 Å². The maximum absolute atomic E-state index is 5.39.